The number of carbonyl (C=O) groups is 2. The molecule has 0 fully saturated rings. The van der Waals surface area contributed by atoms with Gasteiger partial charge in [-0.25, -0.2) is 4.79 Å². The lowest BCUT2D eigenvalue weighted by Crippen LogP contribution is -2.19. The molecule has 1 aromatic heterocycles. The van der Waals surface area contributed by atoms with Crippen LogP contribution in [0.1, 0.15) is 15.9 Å². The number of aromatic amines is 1. The second-order valence-electron chi connectivity index (χ2n) is 9.24. The van der Waals surface area contributed by atoms with Gasteiger partial charge in [-0.2, -0.15) is 0 Å². The first-order valence-electron chi connectivity index (χ1n) is 12.5. The molecule has 0 bridgehead atoms. The molecular formula is C33H24N2O4. The minimum atomic E-state index is -1.00. The van der Waals surface area contributed by atoms with Gasteiger partial charge >= 0.3 is 5.97 Å². The molecule has 5 aromatic carbocycles. The van der Waals surface area contributed by atoms with E-state index in [0.29, 0.717) is 22.6 Å². The predicted molar refractivity (Wildman–Crippen MR) is 155 cm³/mol. The van der Waals surface area contributed by atoms with Gasteiger partial charge in [0.1, 0.15) is 12.4 Å². The Balaban J connectivity index is 1.30. The Morgan fingerprint density at radius 2 is 1.49 bits per heavy atom. The fourth-order valence-electron chi connectivity index (χ4n) is 4.72. The molecule has 0 spiro atoms. The molecule has 6 rings (SSSR count). The second kappa shape index (κ2) is 10.2. The highest BCUT2D eigenvalue weighted by Gasteiger charge is 2.14. The van der Waals surface area contributed by atoms with Crippen molar-refractivity contribution in [3.05, 3.63) is 126 Å². The topological polar surface area (TPSA) is 91.4 Å². The van der Waals surface area contributed by atoms with Crippen LogP contribution in [0.15, 0.2) is 115 Å². The Morgan fingerprint density at radius 1 is 0.769 bits per heavy atom. The lowest BCUT2D eigenvalue weighted by molar-refractivity contribution is -0.113. The van der Waals surface area contributed by atoms with Crippen molar-refractivity contribution in [3.63, 3.8) is 0 Å². The van der Waals surface area contributed by atoms with Crippen LogP contribution in [0, 0.1) is 0 Å². The number of fused-ring (bicyclic) bond motifs is 4. The number of aromatic carboxylic acids is 1. The number of H-pyrrole nitrogens is 1. The average Bonchev–Trinajstić information content (AvgIpc) is 3.33. The van der Waals surface area contributed by atoms with Crippen LogP contribution in [0.5, 0.6) is 5.75 Å². The maximum Gasteiger partial charge on any atom is 0.335 e. The van der Waals surface area contributed by atoms with Gasteiger partial charge in [-0.1, -0.05) is 66.7 Å². The first-order valence-corrected chi connectivity index (χ1v) is 12.5. The lowest BCUT2D eigenvalue weighted by atomic mass is 10.1. The summed E-state index contributed by atoms with van der Waals surface area (Å²) in [5.41, 5.74) is 3.95. The zero-order valence-corrected chi connectivity index (χ0v) is 20.8. The van der Waals surface area contributed by atoms with E-state index in [4.69, 9.17) is 4.74 Å². The quantitative estimate of drug-likeness (QED) is 0.196. The molecule has 0 unspecified atom stereocenters. The van der Waals surface area contributed by atoms with Gasteiger partial charge in [0, 0.05) is 33.4 Å². The monoisotopic (exact) mass is 512 g/mol. The summed E-state index contributed by atoms with van der Waals surface area (Å²) in [7, 11) is 0. The summed E-state index contributed by atoms with van der Waals surface area (Å²) < 4.78 is 6.11. The van der Waals surface area contributed by atoms with E-state index in [9.17, 15) is 14.7 Å². The summed E-state index contributed by atoms with van der Waals surface area (Å²) in [5, 5.41) is 16.4. The number of carboxylic acid groups (broad SMARTS) is 1. The number of aromatic nitrogens is 1. The van der Waals surface area contributed by atoms with Crippen LogP contribution < -0.4 is 10.1 Å². The summed E-state index contributed by atoms with van der Waals surface area (Å²) in [5.74, 6) is -0.686. The van der Waals surface area contributed by atoms with Gasteiger partial charge in [0.25, 0.3) is 5.91 Å². The van der Waals surface area contributed by atoms with E-state index in [1.165, 1.54) is 12.1 Å². The molecule has 6 nitrogen and oxygen atoms in total. The highest BCUT2D eigenvalue weighted by Crippen LogP contribution is 2.29. The van der Waals surface area contributed by atoms with Crippen molar-refractivity contribution in [3.8, 4) is 5.75 Å². The summed E-state index contributed by atoms with van der Waals surface area (Å²) in [6, 6.07) is 33.9. The van der Waals surface area contributed by atoms with Gasteiger partial charge in [-0.05, 0) is 53.4 Å². The molecule has 0 atom stereocenters. The van der Waals surface area contributed by atoms with Crippen LogP contribution in [0.2, 0.25) is 0 Å². The molecule has 0 saturated heterocycles. The SMILES string of the molecule is O=C(Nc1cccc2ccccc12)C(=Cc1ccc(C(=O)O)cc1)COc1ccc2c(c1)[nH]c1ccccc12. The molecule has 190 valence electrons. The van der Waals surface area contributed by atoms with E-state index in [0.717, 1.165) is 32.6 Å². The van der Waals surface area contributed by atoms with Crippen LogP contribution >= 0.6 is 0 Å². The van der Waals surface area contributed by atoms with Gasteiger partial charge in [0.15, 0.2) is 0 Å². The molecule has 0 saturated carbocycles. The summed E-state index contributed by atoms with van der Waals surface area (Å²) in [6.45, 7) is 0.0169. The molecule has 0 radical (unpaired) electrons. The van der Waals surface area contributed by atoms with E-state index in [1.807, 2.05) is 78.9 Å². The first-order chi connectivity index (χ1) is 19.0. The van der Waals surface area contributed by atoms with Crippen molar-refractivity contribution in [2.24, 2.45) is 0 Å². The van der Waals surface area contributed by atoms with Gasteiger partial charge in [0.2, 0.25) is 0 Å². The van der Waals surface area contributed by atoms with Crippen LogP contribution in [-0.4, -0.2) is 28.6 Å². The van der Waals surface area contributed by atoms with E-state index in [1.54, 1.807) is 18.2 Å². The molecular weight excluding hydrogens is 488 g/mol. The predicted octanol–water partition coefficient (Wildman–Crippen LogP) is 7.27. The molecule has 3 N–H and O–H groups in total. The molecule has 0 aliphatic heterocycles. The molecule has 1 heterocycles. The number of benzene rings is 5. The third-order valence-corrected chi connectivity index (χ3v) is 6.70. The third-order valence-electron chi connectivity index (χ3n) is 6.70. The molecule has 0 aliphatic carbocycles. The number of carbonyl (C=O) groups excluding carboxylic acids is 1. The van der Waals surface area contributed by atoms with E-state index >= 15 is 0 Å². The molecule has 39 heavy (non-hydrogen) atoms. The van der Waals surface area contributed by atoms with Gasteiger partial charge < -0.3 is 20.1 Å². The van der Waals surface area contributed by atoms with E-state index in [-0.39, 0.29) is 18.1 Å². The molecule has 6 heteroatoms. The number of amides is 1. The maximum atomic E-state index is 13.5. The number of nitrogens with one attached hydrogen (secondary N) is 2. The van der Waals surface area contributed by atoms with E-state index < -0.39 is 5.97 Å². The van der Waals surface area contributed by atoms with Crippen molar-refractivity contribution in [2.45, 2.75) is 0 Å². The number of anilines is 1. The van der Waals surface area contributed by atoms with Crippen molar-refractivity contribution in [1.29, 1.82) is 0 Å². The minimum absolute atomic E-state index is 0.0169. The lowest BCUT2D eigenvalue weighted by Gasteiger charge is -2.13. The molecule has 1 amide bonds. The van der Waals surface area contributed by atoms with Gasteiger partial charge in [-0.15, -0.1) is 0 Å². The number of hydrogen-bond acceptors (Lipinski definition) is 3. The fraction of sp³-hybridized carbons (Fsp3) is 0.0303. The molecule has 6 aromatic rings. The summed E-state index contributed by atoms with van der Waals surface area (Å²) >= 11 is 0. The van der Waals surface area contributed by atoms with Gasteiger partial charge in [0.05, 0.1) is 16.7 Å². The first kappa shape index (κ1) is 24.0. The maximum absolute atomic E-state index is 13.5. The highest BCUT2D eigenvalue weighted by atomic mass is 16.5. The zero-order chi connectivity index (χ0) is 26.8. The highest BCUT2D eigenvalue weighted by molar-refractivity contribution is 6.11. The average molecular weight is 513 g/mol. The number of hydrogen-bond donors (Lipinski definition) is 3. The zero-order valence-electron chi connectivity index (χ0n) is 20.8. The Hall–Kier alpha value is -5.36. The summed E-state index contributed by atoms with van der Waals surface area (Å²) in [4.78, 5) is 28.2. The van der Waals surface area contributed by atoms with Crippen LogP contribution in [0.25, 0.3) is 38.7 Å². The van der Waals surface area contributed by atoms with Gasteiger partial charge in [-0.3, -0.25) is 4.79 Å². The minimum Gasteiger partial charge on any atom is -0.489 e. The Bertz CT molecular complexity index is 1880. The van der Waals surface area contributed by atoms with Crippen LogP contribution in [0.3, 0.4) is 0 Å². The normalized spacial score (nSPS) is 11.6. The molecule has 0 aliphatic rings. The number of ether oxygens (including phenoxy) is 1. The number of para-hydroxylation sites is 1. The van der Waals surface area contributed by atoms with E-state index in [2.05, 4.69) is 16.4 Å². The largest absolute Gasteiger partial charge is 0.489 e. The second-order valence-corrected chi connectivity index (χ2v) is 9.24. The smallest absolute Gasteiger partial charge is 0.335 e. The standard InChI is InChI=1S/C33H24N2O4/c36-32(35-29-11-5-7-22-6-1-2-8-26(22)29)24(18-21-12-14-23(15-13-21)33(37)38)20-39-25-16-17-28-27-9-3-4-10-30(27)34-31(28)19-25/h1-19,34H,20H2,(H,35,36)(H,37,38). The van der Waals surface area contributed by atoms with Crippen LogP contribution in [0.4, 0.5) is 5.69 Å². The summed E-state index contributed by atoms with van der Waals surface area (Å²) in [6.07, 6.45) is 1.72. The van der Waals surface area contributed by atoms with Crippen molar-refractivity contribution in [2.75, 3.05) is 11.9 Å². The third kappa shape index (κ3) is 4.95. The van der Waals surface area contributed by atoms with Crippen LogP contribution in [-0.2, 0) is 4.79 Å². The number of rotatable bonds is 7. The van der Waals surface area contributed by atoms with Crippen molar-refractivity contribution < 1.29 is 19.4 Å². The Morgan fingerprint density at radius 3 is 2.31 bits per heavy atom. The van der Waals surface area contributed by atoms with Crippen molar-refractivity contribution in [1.82, 2.24) is 4.98 Å². The van der Waals surface area contributed by atoms with Crippen molar-refractivity contribution >= 4 is 56.2 Å². The fourth-order valence-corrected chi connectivity index (χ4v) is 4.72. The Labute approximate surface area is 224 Å². The number of carboxylic acids is 1. The Kier molecular flexibility index (Phi) is 6.27.